The Morgan fingerprint density at radius 1 is 0.431 bits per heavy atom. The highest BCUT2D eigenvalue weighted by Gasteiger charge is 2.37. The summed E-state index contributed by atoms with van der Waals surface area (Å²) in [5.74, 6) is 0. The van der Waals surface area contributed by atoms with Crippen molar-refractivity contribution < 1.29 is 0 Å². The Labute approximate surface area is 302 Å². The molecule has 10 rings (SSSR count). The molecule has 0 bridgehead atoms. The van der Waals surface area contributed by atoms with Crippen molar-refractivity contribution in [2.24, 2.45) is 0 Å². The fourth-order valence-electron chi connectivity index (χ4n) is 8.25. The first-order valence-corrected chi connectivity index (χ1v) is 18.5. The van der Waals surface area contributed by atoms with E-state index < -0.39 is 0 Å². The monoisotopic (exact) mass is 669 g/mol. The molecular formula is C49H35NS. The van der Waals surface area contributed by atoms with Crippen molar-refractivity contribution in [2.75, 3.05) is 4.90 Å². The van der Waals surface area contributed by atoms with Gasteiger partial charge in [-0.15, -0.1) is 11.3 Å². The average Bonchev–Trinajstić information content (AvgIpc) is 3.66. The lowest BCUT2D eigenvalue weighted by atomic mass is 9.82. The highest BCUT2D eigenvalue weighted by atomic mass is 32.1. The quantitative estimate of drug-likeness (QED) is 0.176. The minimum atomic E-state index is -0.0830. The van der Waals surface area contributed by atoms with E-state index in [0.29, 0.717) is 0 Å². The fourth-order valence-corrected chi connectivity index (χ4v) is 9.39. The van der Waals surface area contributed by atoms with Crippen LogP contribution in [-0.4, -0.2) is 0 Å². The molecule has 0 atom stereocenters. The SMILES string of the molecule is CC1(C)c2ccccc2-c2c(N(c3ccc(-c4ccc5cc6sc7ccccc7c6cc5c4)cc3)c3cccc(-c4ccccc4)c3)cccc21. The zero-order valence-corrected chi connectivity index (χ0v) is 29.4. The van der Waals surface area contributed by atoms with Crippen molar-refractivity contribution in [2.45, 2.75) is 19.3 Å². The number of benzene rings is 8. The van der Waals surface area contributed by atoms with Gasteiger partial charge in [0.05, 0.1) is 5.69 Å². The third-order valence-corrected chi connectivity index (χ3v) is 12.0. The van der Waals surface area contributed by atoms with Gasteiger partial charge in [0.1, 0.15) is 0 Å². The number of hydrogen-bond donors (Lipinski definition) is 0. The number of nitrogens with zero attached hydrogens (tertiary/aromatic N) is 1. The Morgan fingerprint density at radius 2 is 1.12 bits per heavy atom. The maximum atomic E-state index is 2.45. The number of fused-ring (bicyclic) bond motifs is 7. The van der Waals surface area contributed by atoms with E-state index in [1.807, 2.05) is 11.3 Å². The van der Waals surface area contributed by atoms with Crippen LogP contribution >= 0.6 is 11.3 Å². The number of anilines is 3. The van der Waals surface area contributed by atoms with E-state index in [2.05, 4.69) is 195 Å². The minimum absolute atomic E-state index is 0.0830. The van der Waals surface area contributed by atoms with E-state index in [-0.39, 0.29) is 5.41 Å². The summed E-state index contributed by atoms with van der Waals surface area (Å²) in [6.45, 7) is 4.71. The second-order valence-corrected chi connectivity index (χ2v) is 15.3. The second-order valence-electron chi connectivity index (χ2n) is 14.2. The molecule has 1 nitrogen and oxygen atoms in total. The molecule has 0 saturated carbocycles. The molecule has 1 heterocycles. The highest BCUT2D eigenvalue weighted by Crippen LogP contribution is 2.54. The second kappa shape index (κ2) is 11.6. The summed E-state index contributed by atoms with van der Waals surface area (Å²) >= 11 is 1.88. The molecule has 1 aliphatic carbocycles. The molecule has 0 N–H and O–H groups in total. The molecule has 8 aromatic carbocycles. The topological polar surface area (TPSA) is 3.24 Å². The summed E-state index contributed by atoms with van der Waals surface area (Å²) < 4.78 is 2.68. The molecule has 0 amide bonds. The molecule has 0 saturated heterocycles. The van der Waals surface area contributed by atoms with Crippen LogP contribution in [0, 0.1) is 0 Å². The van der Waals surface area contributed by atoms with Gasteiger partial charge >= 0.3 is 0 Å². The van der Waals surface area contributed by atoms with Gasteiger partial charge in [0.2, 0.25) is 0 Å². The average molecular weight is 670 g/mol. The predicted molar refractivity (Wildman–Crippen MR) is 220 cm³/mol. The zero-order valence-electron chi connectivity index (χ0n) is 28.6. The maximum Gasteiger partial charge on any atom is 0.0543 e. The van der Waals surface area contributed by atoms with Gasteiger partial charge < -0.3 is 4.90 Å². The third kappa shape index (κ3) is 4.82. The van der Waals surface area contributed by atoms with Gasteiger partial charge in [-0.2, -0.15) is 0 Å². The molecule has 0 fully saturated rings. The number of rotatable bonds is 5. The van der Waals surface area contributed by atoms with E-state index in [9.17, 15) is 0 Å². The number of thiophene rings is 1. The Hall–Kier alpha value is -5.96. The highest BCUT2D eigenvalue weighted by molar-refractivity contribution is 7.25. The minimum Gasteiger partial charge on any atom is -0.310 e. The molecule has 0 radical (unpaired) electrons. The van der Waals surface area contributed by atoms with E-state index in [0.717, 1.165) is 11.4 Å². The van der Waals surface area contributed by atoms with Gasteiger partial charge in [-0.3, -0.25) is 0 Å². The van der Waals surface area contributed by atoms with E-state index >= 15 is 0 Å². The van der Waals surface area contributed by atoms with Gasteiger partial charge in [0, 0.05) is 42.5 Å². The first-order valence-electron chi connectivity index (χ1n) is 17.7. The van der Waals surface area contributed by atoms with E-state index in [1.165, 1.54) is 81.1 Å². The summed E-state index contributed by atoms with van der Waals surface area (Å²) in [7, 11) is 0. The molecule has 2 heteroatoms. The largest absolute Gasteiger partial charge is 0.310 e. The molecule has 0 spiro atoms. The summed E-state index contributed by atoms with van der Waals surface area (Å²) in [6, 6.07) is 64.9. The van der Waals surface area contributed by atoms with Crippen LogP contribution in [0.1, 0.15) is 25.0 Å². The molecule has 9 aromatic rings. The van der Waals surface area contributed by atoms with Crippen LogP contribution in [0.3, 0.4) is 0 Å². The van der Waals surface area contributed by atoms with Crippen LogP contribution in [0.5, 0.6) is 0 Å². The lowest BCUT2D eigenvalue weighted by molar-refractivity contribution is 0.660. The first kappa shape index (κ1) is 29.9. The van der Waals surface area contributed by atoms with E-state index in [1.54, 1.807) is 0 Å². The van der Waals surface area contributed by atoms with Gasteiger partial charge in [0.25, 0.3) is 0 Å². The molecule has 1 aromatic heterocycles. The summed E-state index contributed by atoms with van der Waals surface area (Å²) in [5.41, 5.74) is 13.6. The smallest absolute Gasteiger partial charge is 0.0543 e. The predicted octanol–water partition coefficient (Wildman–Crippen LogP) is 14.3. The van der Waals surface area contributed by atoms with Crippen molar-refractivity contribution in [1.82, 2.24) is 0 Å². The van der Waals surface area contributed by atoms with Gasteiger partial charge in [-0.1, -0.05) is 135 Å². The summed E-state index contributed by atoms with van der Waals surface area (Å²) in [6.07, 6.45) is 0. The Balaban J connectivity index is 1.11. The van der Waals surface area contributed by atoms with Crippen molar-refractivity contribution >= 4 is 59.3 Å². The van der Waals surface area contributed by atoms with Crippen molar-refractivity contribution in [3.63, 3.8) is 0 Å². The third-order valence-electron chi connectivity index (χ3n) is 10.8. The van der Waals surface area contributed by atoms with Crippen LogP contribution in [0.2, 0.25) is 0 Å². The Bertz CT molecular complexity index is 2770. The van der Waals surface area contributed by atoms with Crippen molar-refractivity contribution in [1.29, 1.82) is 0 Å². The van der Waals surface area contributed by atoms with Gasteiger partial charge in [0.15, 0.2) is 0 Å². The maximum absolute atomic E-state index is 2.45. The van der Waals surface area contributed by atoms with Crippen LogP contribution in [0.25, 0.3) is 64.3 Å². The van der Waals surface area contributed by atoms with Crippen molar-refractivity contribution in [3.8, 4) is 33.4 Å². The molecular weight excluding hydrogens is 635 g/mol. The van der Waals surface area contributed by atoms with Crippen LogP contribution in [0.4, 0.5) is 17.1 Å². The molecule has 51 heavy (non-hydrogen) atoms. The van der Waals surface area contributed by atoms with Crippen molar-refractivity contribution in [3.05, 3.63) is 187 Å². The summed E-state index contributed by atoms with van der Waals surface area (Å²) in [5, 5.41) is 5.22. The normalized spacial score (nSPS) is 13.1. The van der Waals surface area contributed by atoms with Crippen LogP contribution in [0.15, 0.2) is 176 Å². The molecule has 0 aliphatic heterocycles. The summed E-state index contributed by atoms with van der Waals surface area (Å²) in [4.78, 5) is 2.45. The Kier molecular flexibility index (Phi) is 6.78. The van der Waals surface area contributed by atoms with Crippen LogP contribution in [-0.2, 0) is 5.41 Å². The standard InChI is InChI=1S/C49H35NS/c1-49(2)43-18-8-6-17-41(43)48-44(49)19-11-20-45(48)50(39-15-10-14-34(29-39)32-12-4-3-5-13-32)38-26-24-33(25-27-38)35-22-23-36-31-47-42(30-37(36)28-35)40-16-7-9-21-46(40)51-47/h3-31H,1-2H3. The van der Waals surface area contributed by atoms with E-state index in [4.69, 9.17) is 0 Å². The lowest BCUT2D eigenvalue weighted by Crippen LogP contribution is -2.16. The van der Waals surface area contributed by atoms with Gasteiger partial charge in [-0.05, 0) is 104 Å². The fraction of sp³-hybridized carbons (Fsp3) is 0.0612. The lowest BCUT2D eigenvalue weighted by Gasteiger charge is -2.29. The van der Waals surface area contributed by atoms with Gasteiger partial charge in [-0.25, -0.2) is 0 Å². The number of hydrogen-bond acceptors (Lipinski definition) is 2. The van der Waals surface area contributed by atoms with Crippen LogP contribution < -0.4 is 4.90 Å². The molecule has 1 aliphatic rings. The zero-order chi connectivity index (χ0) is 34.1. The first-order chi connectivity index (χ1) is 25.0. The molecule has 242 valence electrons. The Morgan fingerprint density at radius 3 is 2.00 bits per heavy atom. The molecule has 0 unspecified atom stereocenters.